The van der Waals surface area contributed by atoms with Gasteiger partial charge in [-0.25, -0.2) is 9.97 Å². The van der Waals surface area contributed by atoms with Gasteiger partial charge in [-0.3, -0.25) is 14.8 Å². The Morgan fingerprint density at radius 3 is 2.79 bits per heavy atom. The number of benzene rings is 1. The molecule has 0 saturated carbocycles. The Morgan fingerprint density at radius 2 is 2.00 bits per heavy atom. The number of aromatic nitrogens is 4. The van der Waals surface area contributed by atoms with Gasteiger partial charge in [0, 0.05) is 23.0 Å². The number of ether oxygens (including phenoxy) is 1. The summed E-state index contributed by atoms with van der Waals surface area (Å²) >= 11 is 3.57. The first-order valence-electron chi connectivity index (χ1n) is 10.5. The van der Waals surface area contributed by atoms with Crippen LogP contribution < -0.4 is 10.1 Å². The molecule has 166 valence electrons. The number of rotatable bonds is 9. The zero-order chi connectivity index (χ0) is 23.0. The van der Waals surface area contributed by atoms with E-state index in [0.29, 0.717) is 29.4 Å². The van der Waals surface area contributed by atoms with Gasteiger partial charge in [-0.15, -0.1) is 0 Å². The van der Waals surface area contributed by atoms with Crippen LogP contribution in [0.5, 0.6) is 5.75 Å². The van der Waals surface area contributed by atoms with E-state index in [1.54, 1.807) is 18.5 Å². The molecule has 4 aromatic rings. The maximum atomic E-state index is 12.1. The summed E-state index contributed by atoms with van der Waals surface area (Å²) in [7, 11) is 0. The first-order chi connectivity index (χ1) is 16.1. The molecule has 0 amide bonds. The van der Waals surface area contributed by atoms with Crippen molar-refractivity contribution in [3.05, 3.63) is 89.2 Å². The number of nitrogens with zero attached hydrogens (tertiary/aromatic N) is 4. The summed E-state index contributed by atoms with van der Waals surface area (Å²) in [6, 6.07) is 13.3. The number of pyridine rings is 2. The van der Waals surface area contributed by atoms with Crippen LogP contribution in [0.25, 0.3) is 10.9 Å². The average molecular weight is 504 g/mol. The number of carbonyl (C=O) groups is 1. The van der Waals surface area contributed by atoms with Gasteiger partial charge in [-0.05, 0) is 64.8 Å². The number of allylic oxidation sites excluding steroid dienone is 2. The van der Waals surface area contributed by atoms with Crippen LogP contribution in [0, 0.1) is 0 Å². The van der Waals surface area contributed by atoms with Crippen molar-refractivity contribution in [1.29, 1.82) is 0 Å². The van der Waals surface area contributed by atoms with Crippen molar-refractivity contribution < 1.29 is 9.53 Å². The third-order valence-electron chi connectivity index (χ3n) is 4.77. The van der Waals surface area contributed by atoms with Crippen molar-refractivity contribution in [2.24, 2.45) is 0 Å². The van der Waals surface area contributed by atoms with Crippen molar-refractivity contribution in [2.75, 3.05) is 5.32 Å². The number of ketones is 1. The first kappa shape index (κ1) is 22.5. The number of halogens is 1. The molecule has 0 atom stereocenters. The smallest absolute Gasteiger partial charge is 0.161 e. The number of fused-ring (bicyclic) bond motifs is 1. The Balaban J connectivity index is 1.51. The van der Waals surface area contributed by atoms with Gasteiger partial charge in [0.05, 0.1) is 28.3 Å². The molecular formula is C25H22BrN5O2. The fourth-order valence-corrected chi connectivity index (χ4v) is 3.65. The minimum Gasteiger partial charge on any atom is -0.486 e. The van der Waals surface area contributed by atoms with Crippen LogP contribution in [0.15, 0.2) is 77.8 Å². The molecular weight excluding hydrogens is 482 g/mol. The monoisotopic (exact) mass is 503 g/mol. The Morgan fingerprint density at radius 1 is 1.09 bits per heavy atom. The molecule has 0 bridgehead atoms. The van der Waals surface area contributed by atoms with Gasteiger partial charge in [0.25, 0.3) is 0 Å². The van der Waals surface area contributed by atoms with Crippen molar-refractivity contribution in [3.8, 4) is 5.75 Å². The van der Waals surface area contributed by atoms with Gasteiger partial charge < -0.3 is 10.1 Å². The second-order valence-corrected chi connectivity index (χ2v) is 8.10. The van der Waals surface area contributed by atoms with Crippen LogP contribution >= 0.6 is 15.9 Å². The van der Waals surface area contributed by atoms with E-state index in [1.807, 2.05) is 55.5 Å². The van der Waals surface area contributed by atoms with E-state index in [1.165, 1.54) is 6.33 Å². The average Bonchev–Trinajstić information content (AvgIpc) is 2.83. The third-order valence-corrected chi connectivity index (χ3v) is 5.39. The molecule has 0 unspecified atom stereocenters. The molecule has 0 fully saturated rings. The Bertz CT molecular complexity index is 1290. The van der Waals surface area contributed by atoms with E-state index >= 15 is 0 Å². The lowest BCUT2D eigenvalue weighted by Gasteiger charge is -2.12. The molecule has 0 aliphatic carbocycles. The summed E-state index contributed by atoms with van der Waals surface area (Å²) in [5.74, 6) is 1.36. The Hall–Kier alpha value is -3.65. The standard InChI is InChI=1S/C25H22BrN5O2/c1-2-3-7-20(32)11-19-12-21-23(14-28-19)29-16-30-25(21)31-17-8-9-24(22(26)13-17)33-15-18-6-4-5-10-27-18/h3-10,12-14,16H,2,11,15H2,1H3,(H,29,30,31)/b7-3+. The quantitative estimate of drug-likeness (QED) is 0.298. The predicted octanol–water partition coefficient (Wildman–Crippen LogP) is 5.58. The second-order valence-electron chi connectivity index (χ2n) is 7.25. The summed E-state index contributed by atoms with van der Waals surface area (Å²) in [6.07, 6.45) is 9.39. The van der Waals surface area contributed by atoms with E-state index in [2.05, 4.69) is 41.2 Å². The number of anilines is 2. The minimum absolute atomic E-state index is 0.0141. The zero-order valence-electron chi connectivity index (χ0n) is 18.0. The summed E-state index contributed by atoms with van der Waals surface area (Å²) in [5, 5.41) is 4.12. The maximum Gasteiger partial charge on any atom is 0.161 e. The Labute approximate surface area is 200 Å². The lowest BCUT2D eigenvalue weighted by Crippen LogP contribution is -2.03. The minimum atomic E-state index is 0.0141. The highest BCUT2D eigenvalue weighted by Gasteiger charge is 2.10. The van der Waals surface area contributed by atoms with Gasteiger partial charge in [0.1, 0.15) is 24.5 Å². The molecule has 3 heterocycles. The summed E-state index contributed by atoms with van der Waals surface area (Å²) in [4.78, 5) is 29.4. The maximum absolute atomic E-state index is 12.1. The Kier molecular flexibility index (Phi) is 7.36. The van der Waals surface area contributed by atoms with Crippen LogP contribution in [-0.4, -0.2) is 25.7 Å². The fraction of sp³-hybridized carbons (Fsp3) is 0.160. The molecule has 0 radical (unpaired) electrons. The molecule has 0 saturated heterocycles. The summed E-state index contributed by atoms with van der Waals surface area (Å²) in [6.45, 7) is 2.37. The molecule has 8 heteroatoms. The van der Waals surface area contributed by atoms with Crippen molar-refractivity contribution in [2.45, 2.75) is 26.4 Å². The van der Waals surface area contributed by atoms with Crippen LogP contribution in [-0.2, 0) is 17.8 Å². The highest BCUT2D eigenvalue weighted by atomic mass is 79.9. The van der Waals surface area contributed by atoms with Crippen LogP contribution in [0.3, 0.4) is 0 Å². The molecule has 33 heavy (non-hydrogen) atoms. The summed E-state index contributed by atoms with van der Waals surface area (Å²) < 4.78 is 6.67. The molecule has 1 N–H and O–H groups in total. The first-order valence-corrected chi connectivity index (χ1v) is 11.3. The fourth-order valence-electron chi connectivity index (χ4n) is 3.15. The SMILES string of the molecule is CC/C=C/C(=O)Cc1cc2c(Nc3ccc(OCc4ccccn4)c(Br)c3)ncnc2cn1. The molecule has 0 aliphatic heterocycles. The topological polar surface area (TPSA) is 89.9 Å². The van der Waals surface area contributed by atoms with E-state index in [-0.39, 0.29) is 12.2 Å². The lowest BCUT2D eigenvalue weighted by molar-refractivity contribution is -0.114. The van der Waals surface area contributed by atoms with Crippen LogP contribution in [0.4, 0.5) is 11.5 Å². The molecule has 3 aromatic heterocycles. The van der Waals surface area contributed by atoms with Gasteiger partial charge >= 0.3 is 0 Å². The number of carbonyl (C=O) groups excluding carboxylic acids is 1. The van der Waals surface area contributed by atoms with Crippen LogP contribution in [0.1, 0.15) is 24.7 Å². The normalized spacial score (nSPS) is 11.1. The zero-order valence-corrected chi connectivity index (χ0v) is 19.6. The third kappa shape index (κ3) is 5.98. The van der Waals surface area contributed by atoms with Gasteiger partial charge in [-0.2, -0.15) is 0 Å². The lowest BCUT2D eigenvalue weighted by atomic mass is 10.1. The summed E-state index contributed by atoms with van der Waals surface area (Å²) in [5.41, 5.74) is 3.05. The largest absolute Gasteiger partial charge is 0.486 e. The van der Waals surface area contributed by atoms with Gasteiger partial charge in [-0.1, -0.05) is 19.1 Å². The van der Waals surface area contributed by atoms with E-state index in [4.69, 9.17) is 4.74 Å². The number of hydrogen-bond donors (Lipinski definition) is 1. The van der Waals surface area contributed by atoms with Gasteiger partial charge in [0.2, 0.25) is 0 Å². The van der Waals surface area contributed by atoms with E-state index in [9.17, 15) is 4.79 Å². The number of hydrogen-bond acceptors (Lipinski definition) is 7. The van der Waals surface area contributed by atoms with E-state index < -0.39 is 0 Å². The molecule has 0 spiro atoms. The second kappa shape index (κ2) is 10.8. The van der Waals surface area contributed by atoms with Crippen molar-refractivity contribution in [3.63, 3.8) is 0 Å². The van der Waals surface area contributed by atoms with Gasteiger partial charge in [0.15, 0.2) is 5.78 Å². The highest BCUT2D eigenvalue weighted by molar-refractivity contribution is 9.10. The molecule has 7 nitrogen and oxygen atoms in total. The molecule has 1 aromatic carbocycles. The molecule has 4 rings (SSSR count). The number of nitrogens with one attached hydrogen (secondary N) is 1. The van der Waals surface area contributed by atoms with Crippen LogP contribution in [0.2, 0.25) is 0 Å². The van der Waals surface area contributed by atoms with E-state index in [0.717, 1.165) is 27.7 Å². The van der Waals surface area contributed by atoms with Crippen molar-refractivity contribution >= 4 is 44.1 Å². The molecule has 0 aliphatic rings. The highest BCUT2D eigenvalue weighted by Crippen LogP contribution is 2.31. The predicted molar refractivity (Wildman–Crippen MR) is 131 cm³/mol. The van der Waals surface area contributed by atoms with Crippen molar-refractivity contribution in [1.82, 2.24) is 19.9 Å².